The van der Waals surface area contributed by atoms with E-state index in [4.69, 9.17) is 0 Å². The van der Waals surface area contributed by atoms with E-state index in [1.54, 1.807) is 11.8 Å². The van der Waals surface area contributed by atoms with Gasteiger partial charge in [0.1, 0.15) is 0 Å². The Labute approximate surface area is 141 Å². The Morgan fingerprint density at radius 2 is 1.87 bits per heavy atom. The highest BCUT2D eigenvalue weighted by Gasteiger charge is 2.48. The first-order chi connectivity index (χ1) is 11.0. The molecule has 0 aromatic heterocycles. The van der Waals surface area contributed by atoms with Crippen molar-refractivity contribution in [3.8, 4) is 0 Å². The van der Waals surface area contributed by atoms with Gasteiger partial charge in [0, 0.05) is 17.5 Å². The predicted molar refractivity (Wildman–Crippen MR) is 90.4 cm³/mol. The molecule has 2 unspecified atom stereocenters. The second kappa shape index (κ2) is 6.56. The summed E-state index contributed by atoms with van der Waals surface area (Å²) in [7, 11) is 0. The molecule has 4 nitrogen and oxygen atoms in total. The summed E-state index contributed by atoms with van der Waals surface area (Å²) in [5, 5.41) is 9.30. The zero-order valence-corrected chi connectivity index (χ0v) is 14.2. The minimum Gasteiger partial charge on any atom is -0.481 e. The number of thioether (sulfide) groups is 1. The van der Waals surface area contributed by atoms with Gasteiger partial charge in [0.15, 0.2) is 0 Å². The lowest BCUT2D eigenvalue weighted by Gasteiger charge is -2.34. The van der Waals surface area contributed by atoms with Crippen molar-refractivity contribution >= 4 is 23.6 Å². The van der Waals surface area contributed by atoms with Crippen LogP contribution in [0.1, 0.15) is 39.0 Å². The number of nitrogens with zero attached hydrogens (tertiary/aromatic N) is 1. The van der Waals surface area contributed by atoms with Crippen LogP contribution in [0.2, 0.25) is 0 Å². The quantitative estimate of drug-likeness (QED) is 0.917. The van der Waals surface area contributed by atoms with Gasteiger partial charge in [-0.05, 0) is 38.3 Å². The largest absolute Gasteiger partial charge is 0.481 e. The summed E-state index contributed by atoms with van der Waals surface area (Å²) in [5.41, 5.74) is 0. The molecular weight excluding hydrogens is 310 g/mol. The highest BCUT2D eigenvalue weighted by molar-refractivity contribution is 8.01. The fraction of sp³-hybridized carbons (Fsp3) is 0.556. The van der Waals surface area contributed by atoms with E-state index >= 15 is 0 Å². The smallest absolute Gasteiger partial charge is 0.308 e. The molecule has 2 atom stereocenters. The Bertz CT molecular complexity index is 583. The van der Waals surface area contributed by atoms with Crippen LogP contribution in [0, 0.1) is 5.92 Å². The summed E-state index contributed by atoms with van der Waals surface area (Å²) in [4.78, 5) is 27.5. The van der Waals surface area contributed by atoms with Crippen LogP contribution < -0.4 is 0 Å². The zero-order chi connectivity index (χ0) is 16.4. The number of carbonyl (C=O) groups excluding carboxylic acids is 1. The van der Waals surface area contributed by atoms with Crippen molar-refractivity contribution in [1.82, 2.24) is 4.90 Å². The third-order valence-electron chi connectivity index (χ3n) is 5.19. The van der Waals surface area contributed by atoms with Crippen LogP contribution in [0.5, 0.6) is 0 Å². The van der Waals surface area contributed by atoms with E-state index in [2.05, 4.69) is 0 Å². The van der Waals surface area contributed by atoms with Gasteiger partial charge in [0.2, 0.25) is 5.91 Å². The number of amides is 1. The Hall–Kier alpha value is -1.49. The third-order valence-corrected chi connectivity index (χ3v) is 6.67. The summed E-state index contributed by atoms with van der Waals surface area (Å²) in [6.07, 6.45) is 4.46. The lowest BCUT2D eigenvalue weighted by molar-refractivity contribution is -0.143. The monoisotopic (exact) mass is 333 g/mol. The van der Waals surface area contributed by atoms with E-state index in [1.165, 1.54) is 0 Å². The van der Waals surface area contributed by atoms with Gasteiger partial charge in [-0.2, -0.15) is 0 Å². The summed E-state index contributed by atoms with van der Waals surface area (Å²) < 4.78 is -0.414. The highest BCUT2D eigenvalue weighted by Crippen LogP contribution is 2.47. The van der Waals surface area contributed by atoms with Gasteiger partial charge in [-0.15, -0.1) is 11.8 Å². The Morgan fingerprint density at radius 1 is 1.22 bits per heavy atom. The molecule has 1 saturated heterocycles. The van der Waals surface area contributed by atoms with Crippen LogP contribution in [-0.4, -0.2) is 39.2 Å². The molecule has 1 heterocycles. The van der Waals surface area contributed by atoms with Crippen molar-refractivity contribution < 1.29 is 14.7 Å². The standard InChI is InChI=1S/C18H23NO3S/c1-13-15(16(20)21)9-12-19(13)17(22)18(10-5-6-11-18)23-14-7-3-2-4-8-14/h2-4,7-8,13,15H,5-6,9-12H2,1H3,(H,20,21). The molecule has 23 heavy (non-hydrogen) atoms. The maximum atomic E-state index is 13.3. The topological polar surface area (TPSA) is 57.6 Å². The maximum absolute atomic E-state index is 13.3. The van der Waals surface area contributed by atoms with E-state index < -0.39 is 16.6 Å². The first-order valence-corrected chi connectivity index (χ1v) is 9.13. The van der Waals surface area contributed by atoms with E-state index in [1.807, 2.05) is 42.2 Å². The van der Waals surface area contributed by atoms with Crippen molar-refractivity contribution in [3.63, 3.8) is 0 Å². The van der Waals surface area contributed by atoms with Gasteiger partial charge in [-0.1, -0.05) is 31.0 Å². The van der Waals surface area contributed by atoms with Crippen LogP contribution in [0.4, 0.5) is 0 Å². The van der Waals surface area contributed by atoms with E-state index in [-0.39, 0.29) is 11.9 Å². The molecule has 1 aliphatic carbocycles. The molecular formula is C18H23NO3S. The molecule has 1 amide bonds. The van der Waals surface area contributed by atoms with Crippen molar-refractivity contribution in [2.75, 3.05) is 6.54 Å². The summed E-state index contributed by atoms with van der Waals surface area (Å²) in [6, 6.07) is 9.85. The molecule has 2 aliphatic rings. The Morgan fingerprint density at radius 3 is 2.43 bits per heavy atom. The van der Waals surface area contributed by atoms with Gasteiger partial charge in [-0.25, -0.2) is 0 Å². The third kappa shape index (κ3) is 3.11. The van der Waals surface area contributed by atoms with Crippen LogP contribution in [0.3, 0.4) is 0 Å². The number of carboxylic acids is 1. The van der Waals surface area contributed by atoms with Crippen molar-refractivity contribution in [2.45, 2.75) is 54.7 Å². The molecule has 5 heteroatoms. The minimum absolute atomic E-state index is 0.139. The molecule has 1 aromatic carbocycles. The van der Waals surface area contributed by atoms with Crippen LogP contribution in [0.15, 0.2) is 35.2 Å². The molecule has 0 radical (unpaired) electrons. The van der Waals surface area contributed by atoms with Gasteiger partial charge < -0.3 is 10.0 Å². The average molecular weight is 333 g/mol. The highest BCUT2D eigenvalue weighted by atomic mass is 32.2. The Kier molecular flexibility index (Phi) is 4.67. The maximum Gasteiger partial charge on any atom is 0.308 e. The second-order valence-electron chi connectivity index (χ2n) is 6.59. The van der Waals surface area contributed by atoms with Crippen LogP contribution in [-0.2, 0) is 9.59 Å². The molecule has 1 aliphatic heterocycles. The zero-order valence-electron chi connectivity index (χ0n) is 13.4. The fourth-order valence-corrected chi connectivity index (χ4v) is 5.28. The van der Waals surface area contributed by atoms with Crippen molar-refractivity contribution in [2.24, 2.45) is 5.92 Å². The van der Waals surface area contributed by atoms with Gasteiger partial charge in [0.25, 0.3) is 0 Å². The summed E-state index contributed by atoms with van der Waals surface area (Å²) in [5.74, 6) is -1.08. The van der Waals surface area contributed by atoms with Crippen LogP contribution >= 0.6 is 11.8 Å². The van der Waals surface area contributed by atoms with Crippen LogP contribution in [0.25, 0.3) is 0 Å². The molecule has 1 N–H and O–H groups in total. The molecule has 0 spiro atoms. The number of benzene rings is 1. The second-order valence-corrected chi connectivity index (χ2v) is 8.05. The molecule has 1 saturated carbocycles. The normalized spacial score (nSPS) is 26.4. The molecule has 2 fully saturated rings. The number of hydrogen-bond donors (Lipinski definition) is 1. The lowest BCUT2D eigenvalue weighted by atomic mass is 10.0. The molecule has 1 aromatic rings. The van der Waals surface area contributed by atoms with Crippen molar-refractivity contribution in [3.05, 3.63) is 30.3 Å². The number of rotatable bonds is 4. The SMILES string of the molecule is CC1C(C(=O)O)CCN1C(=O)C1(Sc2ccccc2)CCCC1. The van der Waals surface area contributed by atoms with Crippen molar-refractivity contribution in [1.29, 1.82) is 0 Å². The number of aliphatic carboxylic acids is 1. The fourth-order valence-electron chi connectivity index (χ4n) is 3.84. The molecule has 3 rings (SSSR count). The first-order valence-electron chi connectivity index (χ1n) is 8.31. The van der Waals surface area contributed by atoms with E-state index in [9.17, 15) is 14.7 Å². The summed E-state index contributed by atoms with van der Waals surface area (Å²) >= 11 is 1.67. The number of hydrogen-bond acceptors (Lipinski definition) is 3. The molecule has 0 bridgehead atoms. The van der Waals surface area contributed by atoms with Gasteiger partial charge in [-0.3, -0.25) is 9.59 Å². The average Bonchev–Trinajstić information content (AvgIpc) is 3.15. The Balaban J connectivity index is 1.81. The lowest BCUT2D eigenvalue weighted by Crippen LogP contribution is -2.48. The number of likely N-dealkylation sites (tertiary alicyclic amines) is 1. The van der Waals surface area contributed by atoms with E-state index in [0.717, 1.165) is 30.6 Å². The van der Waals surface area contributed by atoms with Gasteiger partial charge >= 0.3 is 5.97 Å². The predicted octanol–water partition coefficient (Wildman–Crippen LogP) is 3.41. The summed E-state index contributed by atoms with van der Waals surface area (Å²) in [6.45, 7) is 2.44. The minimum atomic E-state index is -0.788. The number of carbonyl (C=O) groups is 2. The molecule has 124 valence electrons. The van der Waals surface area contributed by atoms with E-state index in [0.29, 0.717) is 13.0 Å². The first kappa shape index (κ1) is 16.4. The van der Waals surface area contributed by atoms with Gasteiger partial charge in [0.05, 0.1) is 10.7 Å². The number of carboxylic acid groups (broad SMARTS) is 1.